The Labute approximate surface area is 104 Å². The molecule has 0 aromatic heterocycles. The summed E-state index contributed by atoms with van der Waals surface area (Å²) < 4.78 is 5.58. The van der Waals surface area contributed by atoms with Gasteiger partial charge in [-0.2, -0.15) is 0 Å². The van der Waals surface area contributed by atoms with Crippen LogP contribution < -0.4 is 15.0 Å². The zero-order valence-corrected chi connectivity index (χ0v) is 10.8. The summed E-state index contributed by atoms with van der Waals surface area (Å²) in [6.07, 6.45) is 2.28. The molecule has 1 atom stereocenters. The fraction of sp³-hybridized carbons (Fsp3) is 0.571. The largest absolute Gasteiger partial charge is 0.494 e. The Morgan fingerprint density at radius 1 is 1.35 bits per heavy atom. The molecule has 0 aliphatic carbocycles. The maximum absolute atomic E-state index is 5.58. The molecule has 1 unspecified atom stereocenters. The average molecular weight is 234 g/mol. The lowest BCUT2D eigenvalue weighted by Crippen LogP contribution is -2.29. The van der Waals surface area contributed by atoms with Crippen LogP contribution in [0, 0.1) is 0 Å². The van der Waals surface area contributed by atoms with Gasteiger partial charge < -0.3 is 15.0 Å². The van der Waals surface area contributed by atoms with Crippen molar-refractivity contribution in [3.63, 3.8) is 0 Å². The molecule has 1 aromatic rings. The Morgan fingerprint density at radius 3 is 2.71 bits per heavy atom. The van der Waals surface area contributed by atoms with Gasteiger partial charge in [-0.05, 0) is 44.2 Å². The summed E-state index contributed by atoms with van der Waals surface area (Å²) in [5.74, 6) is 0.972. The third-order valence-electron chi connectivity index (χ3n) is 3.27. The van der Waals surface area contributed by atoms with Crippen molar-refractivity contribution < 1.29 is 4.74 Å². The van der Waals surface area contributed by atoms with Crippen molar-refractivity contribution in [2.24, 2.45) is 0 Å². The van der Waals surface area contributed by atoms with E-state index in [9.17, 15) is 0 Å². The van der Waals surface area contributed by atoms with E-state index in [0.29, 0.717) is 6.04 Å². The lowest BCUT2D eigenvalue weighted by Gasteiger charge is -2.19. The van der Waals surface area contributed by atoms with Crippen molar-refractivity contribution in [1.29, 1.82) is 0 Å². The van der Waals surface area contributed by atoms with Gasteiger partial charge in [0.05, 0.1) is 6.61 Å². The second-order valence-electron chi connectivity index (χ2n) is 4.56. The van der Waals surface area contributed by atoms with Crippen LogP contribution in [-0.2, 0) is 0 Å². The van der Waals surface area contributed by atoms with E-state index >= 15 is 0 Å². The molecule has 0 spiro atoms. The van der Waals surface area contributed by atoms with E-state index in [0.717, 1.165) is 31.9 Å². The van der Waals surface area contributed by atoms with Crippen LogP contribution in [0.2, 0.25) is 0 Å². The second-order valence-corrected chi connectivity index (χ2v) is 4.56. The highest BCUT2D eigenvalue weighted by atomic mass is 16.5. The summed E-state index contributed by atoms with van der Waals surface area (Å²) in [4.78, 5) is 2.42. The Kier molecular flexibility index (Phi) is 4.26. The fourth-order valence-electron chi connectivity index (χ4n) is 2.20. The third kappa shape index (κ3) is 3.13. The molecule has 2 rings (SSSR count). The first kappa shape index (κ1) is 12.2. The third-order valence-corrected chi connectivity index (χ3v) is 3.27. The van der Waals surface area contributed by atoms with Crippen molar-refractivity contribution >= 4 is 5.69 Å². The molecule has 1 fully saturated rings. The van der Waals surface area contributed by atoms with Crippen molar-refractivity contribution in [2.45, 2.75) is 25.8 Å². The number of benzene rings is 1. The van der Waals surface area contributed by atoms with Gasteiger partial charge >= 0.3 is 0 Å². The highest BCUT2D eigenvalue weighted by molar-refractivity contribution is 5.50. The molecule has 94 valence electrons. The number of nitrogens with one attached hydrogen (secondary N) is 1. The van der Waals surface area contributed by atoms with Gasteiger partial charge in [-0.1, -0.05) is 6.92 Å². The maximum Gasteiger partial charge on any atom is 0.119 e. The smallest absolute Gasteiger partial charge is 0.119 e. The molecule has 3 heteroatoms. The average Bonchev–Trinajstić information content (AvgIpc) is 2.86. The molecule has 0 saturated carbocycles. The number of likely N-dealkylation sites (N-methyl/N-ethyl adjacent to an activating group) is 1. The first-order valence-corrected chi connectivity index (χ1v) is 6.48. The maximum atomic E-state index is 5.58. The van der Waals surface area contributed by atoms with E-state index < -0.39 is 0 Å². The van der Waals surface area contributed by atoms with E-state index in [-0.39, 0.29) is 0 Å². The van der Waals surface area contributed by atoms with E-state index in [1.807, 2.05) is 7.05 Å². The molecule has 1 N–H and O–H groups in total. The molecular weight excluding hydrogens is 212 g/mol. The Morgan fingerprint density at radius 2 is 2.12 bits per heavy atom. The summed E-state index contributed by atoms with van der Waals surface area (Å²) >= 11 is 0. The minimum absolute atomic E-state index is 0.631. The molecule has 0 radical (unpaired) electrons. The molecule has 0 amide bonds. The van der Waals surface area contributed by atoms with Crippen LogP contribution in [0.5, 0.6) is 5.75 Å². The number of hydrogen-bond donors (Lipinski definition) is 1. The molecule has 1 aromatic carbocycles. The Hall–Kier alpha value is -1.22. The van der Waals surface area contributed by atoms with Crippen LogP contribution in [0.25, 0.3) is 0 Å². The Bertz CT molecular complexity index is 337. The fourth-order valence-corrected chi connectivity index (χ4v) is 2.20. The number of hydrogen-bond acceptors (Lipinski definition) is 3. The van der Waals surface area contributed by atoms with Crippen molar-refractivity contribution in [2.75, 3.05) is 31.6 Å². The molecule has 1 aliphatic heterocycles. The van der Waals surface area contributed by atoms with E-state index in [1.165, 1.54) is 12.1 Å². The van der Waals surface area contributed by atoms with E-state index in [4.69, 9.17) is 4.74 Å². The summed E-state index contributed by atoms with van der Waals surface area (Å²) in [5.41, 5.74) is 1.30. The van der Waals surface area contributed by atoms with Crippen molar-refractivity contribution in [3.8, 4) is 5.75 Å². The summed E-state index contributed by atoms with van der Waals surface area (Å²) in [7, 11) is 2.04. The SMILES string of the molecule is CCCOc1ccc(N2CCC(NC)C2)cc1. The summed E-state index contributed by atoms with van der Waals surface area (Å²) in [6, 6.07) is 9.08. The van der Waals surface area contributed by atoms with Crippen LogP contribution in [-0.4, -0.2) is 32.8 Å². The van der Waals surface area contributed by atoms with E-state index in [1.54, 1.807) is 0 Å². The molecule has 17 heavy (non-hydrogen) atoms. The molecule has 1 aliphatic rings. The standard InChI is InChI=1S/C14H22N2O/c1-3-10-17-14-6-4-13(5-7-14)16-9-8-12(11-16)15-2/h4-7,12,15H,3,8-11H2,1-2H3. The highest BCUT2D eigenvalue weighted by Gasteiger charge is 2.20. The number of ether oxygens (including phenoxy) is 1. The first-order valence-electron chi connectivity index (χ1n) is 6.48. The van der Waals surface area contributed by atoms with Crippen molar-refractivity contribution in [3.05, 3.63) is 24.3 Å². The Balaban J connectivity index is 1.94. The minimum atomic E-state index is 0.631. The van der Waals surface area contributed by atoms with Gasteiger partial charge in [-0.15, -0.1) is 0 Å². The monoisotopic (exact) mass is 234 g/mol. The lowest BCUT2D eigenvalue weighted by molar-refractivity contribution is 0.317. The molecule has 3 nitrogen and oxygen atoms in total. The summed E-state index contributed by atoms with van der Waals surface area (Å²) in [5, 5.41) is 3.34. The van der Waals surface area contributed by atoms with Crippen LogP contribution in [0.3, 0.4) is 0 Å². The quantitative estimate of drug-likeness (QED) is 0.846. The van der Waals surface area contributed by atoms with Gasteiger partial charge in [-0.25, -0.2) is 0 Å². The van der Waals surface area contributed by atoms with Crippen LogP contribution in [0.15, 0.2) is 24.3 Å². The van der Waals surface area contributed by atoms with Gasteiger partial charge in [0, 0.05) is 24.8 Å². The number of nitrogens with zero attached hydrogens (tertiary/aromatic N) is 1. The second kappa shape index (κ2) is 5.92. The van der Waals surface area contributed by atoms with E-state index in [2.05, 4.69) is 41.4 Å². The number of rotatable bonds is 5. The topological polar surface area (TPSA) is 24.5 Å². The zero-order chi connectivity index (χ0) is 12.1. The van der Waals surface area contributed by atoms with Crippen molar-refractivity contribution in [1.82, 2.24) is 5.32 Å². The van der Waals surface area contributed by atoms with Gasteiger partial charge in [0.25, 0.3) is 0 Å². The molecule has 1 saturated heterocycles. The predicted octanol–water partition coefficient (Wildman–Crippen LogP) is 2.27. The van der Waals surface area contributed by atoms with Crippen LogP contribution in [0.4, 0.5) is 5.69 Å². The summed E-state index contributed by atoms with van der Waals surface area (Å²) in [6.45, 7) is 5.16. The van der Waals surface area contributed by atoms with Gasteiger partial charge in [0.2, 0.25) is 0 Å². The number of anilines is 1. The minimum Gasteiger partial charge on any atom is -0.494 e. The van der Waals surface area contributed by atoms with Crippen LogP contribution in [0.1, 0.15) is 19.8 Å². The molecular formula is C14H22N2O. The first-order chi connectivity index (χ1) is 8.33. The highest BCUT2D eigenvalue weighted by Crippen LogP contribution is 2.23. The van der Waals surface area contributed by atoms with Gasteiger partial charge in [0.15, 0.2) is 0 Å². The predicted molar refractivity (Wildman–Crippen MR) is 71.9 cm³/mol. The van der Waals surface area contributed by atoms with Crippen LogP contribution >= 0.6 is 0 Å². The lowest BCUT2D eigenvalue weighted by atomic mass is 10.2. The zero-order valence-electron chi connectivity index (χ0n) is 10.8. The molecule has 0 bridgehead atoms. The normalized spacial score (nSPS) is 19.6. The van der Waals surface area contributed by atoms with Gasteiger partial charge in [0.1, 0.15) is 5.75 Å². The van der Waals surface area contributed by atoms with Gasteiger partial charge in [-0.3, -0.25) is 0 Å². The molecule has 1 heterocycles.